The summed E-state index contributed by atoms with van der Waals surface area (Å²) in [5, 5.41) is 6.29. The molecule has 3 aromatic heterocycles. The maximum Gasteiger partial charge on any atom is 0.159 e. The number of hydrogen-bond donors (Lipinski definition) is 0. The van der Waals surface area contributed by atoms with Crippen LogP contribution >= 0.6 is 0 Å². The van der Waals surface area contributed by atoms with Gasteiger partial charge in [-0.3, -0.25) is 0 Å². The van der Waals surface area contributed by atoms with E-state index in [9.17, 15) is 0 Å². The van der Waals surface area contributed by atoms with Gasteiger partial charge in [0, 0.05) is 49.0 Å². The predicted molar refractivity (Wildman–Crippen MR) is 264 cm³/mol. The SMILES string of the molecule is CC1(C)c2ccccc2-c2ccc(-c3c4oc5cccc(N(c6ccc7c(c6)C(C)(C)c6ccccc6-7)c6cccc7c6oc6ccccc67)c5c4cc4oc5ccccc5c34)cc21. The molecule has 0 atom stereocenters. The second-order valence-electron chi connectivity index (χ2n) is 18.8. The van der Waals surface area contributed by atoms with Crippen molar-refractivity contribution in [1.29, 1.82) is 0 Å². The van der Waals surface area contributed by atoms with E-state index in [1.807, 2.05) is 12.1 Å². The first kappa shape index (κ1) is 35.7. The van der Waals surface area contributed by atoms with Crippen molar-refractivity contribution in [3.05, 3.63) is 198 Å². The smallest absolute Gasteiger partial charge is 0.159 e. The molecule has 3 heterocycles. The second kappa shape index (κ2) is 12.4. The van der Waals surface area contributed by atoms with Gasteiger partial charge >= 0.3 is 0 Å². The summed E-state index contributed by atoms with van der Waals surface area (Å²) in [6.45, 7) is 9.37. The molecule has 0 spiro atoms. The van der Waals surface area contributed by atoms with Gasteiger partial charge in [-0.25, -0.2) is 0 Å². The number of fused-ring (bicyclic) bond motifs is 15. The average Bonchev–Trinajstić information content (AvgIpc) is 4.10. The number of rotatable bonds is 4. The van der Waals surface area contributed by atoms with E-state index in [2.05, 4.69) is 196 Å². The Balaban J connectivity index is 1.08. The molecule has 2 aliphatic rings. The Hall–Kier alpha value is -7.82. The molecule has 0 saturated carbocycles. The van der Waals surface area contributed by atoms with E-state index >= 15 is 0 Å². The van der Waals surface area contributed by atoms with Gasteiger partial charge in [0.25, 0.3) is 0 Å². The fraction of sp³-hybridized carbons (Fsp3) is 0.100. The normalized spacial score (nSPS) is 14.5. The van der Waals surface area contributed by atoms with Gasteiger partial charge in [-0.2, -0.15) is 0 Å². The summed E-state index contributed by atoms with van der Waals surface area (Å²) in [4.78, 5) is 2.39. The molecule has 14 rings (SSSR count). The van der Waals surface area contributed by atoms with Crippen LogP contribution in [0, 0.1) is 0 Å². The van der Waals surface area contributed by atoms with Gasteiger partial charge in [0.15, 0.2) is 5.58 Å². The van der Waals surface area contributed by atoms with Crippen molar-refractivity contribution >= 4 is 82.9 Å². The quantitative estimate of drug-likeness (QED) is 0.177. The van der Waals surface area contributed by atoms with Gasteiger partial charge in [-0.1, -0.05) is 149 Å². The number of para-hydroxylation sites is 3. The third-order valence-corrected chi connectivity index (χ3v) is 14.7. The third kappa shape index (κ3) is 4.62. The standard InChI is InChI=1S/C60H41NO3/c1-59(2)44-20-9-5-15-36(44)38-29-27-34(31-46(38)59)54-56-42-18-8-12-25-51(42)62-53(56)33-43-55-48(22-14-26-52(55)64-58(43)54)61(49-23-13-19-41-40-17-7-11-24-50(40)63-57(41)49)35-28-30-39-37-16-6-10-21-45(37)60(3,4)47(39)32-35/h5-33H,1-4H3. The molecule has 2 aliphatic carbocycles. The maximum atomic E-state index is 7.25. The van der Waals surface area contributed by atoms with Gasteiger partial charge < -0.3 is 18.2 Å². The highest BCUT2D eigenvalue weighted by atomic mass is 16.3. The molecule has 0 fully saturated rings. The zero-order valence-corrected chi connectivity index (χ0v) is 35.9. The van der Waals surface area contributed by atoms with Crippen molar-refractivity contribution in [2.75, 3.05) is 4.90 Å². The van der Waals surface area contributed by atoms with Gasteiger partial charge in [0.1, 0.15) is 27.9 Å². The summed E-state index contributed by atoms with van der Waals surface area (Å²) in [6, 6.07) is 63.5. The molecular formula is C60H41NO3. The Labute approximate surface area is 369 Å². The number of hydrogen-bond acceptors (Lipinski definition) is 4. The topological polar surface area (TPSA) is 42.7 Å². The minimum absolute atomic E-state index is 0.168. The molecule has 0 radical (unpaired) electrons. The number of anilines is 3. The van der Waals surface area contributed by atoms with E-state index in [0.717, 1.165) is 94.0 Å². The summed E-state index contributed by atoms with van der Waals surface area (Å²) >= 11 is 0. The Morgan fingerprint density at radius 2 is 0.922 bits per heavy atom. The van der Waals surface area contributed by atoms with Crippen LogP contribution in [0.3, 0.4) is 0 Å². The molecule has 0 bridgehead atoms. The molecule has 4 heteroatoms. The highest BCUT2D eigenvalue weighted by Crippen LogP contribution is 2.55. The number of nitrogens with zero attached hydrogens (tertiary/aromatic N) is 1. The van der Waals surface area contributed by atoms with Gasteiger partial charge in [0.05, 0.1) is 16.8 Å². The van der Waals surface area contributed by atoms with E-state index in [-0.39, 0.29) is 10.8 Å². The molecule has 0 N–H and O–H groups in total. The van der Waals surface area contributed by atoms with Crippen molar-refractivity contribution in [3.63, 3.8) is 0 Å². The summed E-state index contributed by atoms with van der Waals surface area (Å²) in [5.74, 6) is 0. The maximum absolute atomic E-state index is 7.25. The van der Waals surface area contributed by atoms with E-state index < -0.39 is 0 Å². The number of furan rings is 3. The van der Waals surface area contributed by atoms with E-state index in [1.165, 1.54) is 44.5 Å². The lowest BCUT2D eigenvalue weighted by Gasteiger charge is -2.28. The molecule has 12 aromatic rings. The first-order valence-electron chi connectivity index (χ1n) is 22.2. The molecule has 9 aromatic carbocycles. The molecule has 0 unspecified atom stereocenters. The molecule has 0 saturated heterocycles. The van der Waals surface area contributed by atoms with Crippen molar-refractivity contribution in [2.45, 2.75) is 38.5 Å². The Morgan fingerprint density at radius 1 is 0.359 bits per heavy atom. The fourth-order valence-corrected chi connectivity index (χ4v) is 11.6. The van der Waals surface area contributed by atoms with E-state index in [4.69, 9.17) is 13.3 Å². The van der Waals surface area contributed by atoms with Crippen LogP contribution in [-0.2, 0) is 10.8 Å². The molecule has 0 amide bonds. The van der Waals surface area contributed by atoms with Crippen LogP contribution in [0.2, 0.25) is 0 Å². The first-order valence-corrected chi connectivity index (χ1v) is 22.2. The lowest BCUT2D eigenvalue weighted by atomic mass is 9.81. The molecule has 4 nitrogen and oxygen atoms in total. The van der Waals surface area contributed by atoms with Crippen LogP contribution in [0.25, 0.3) is 99.2 Å². The number of benzene rings is 9. The lowest BCUT2D eigenvalue weighted by molar-refractivity contribution is 0.660. The first-order chi connectivity index (χ1) is 31.3. The van der Waals surface area contributed by atoms with Crippen LogP contribution in [0.15, 0.2) is 189 Å². The van der Waals surface area contributed by atoms with Crippen LogP contribution < -0.4 is 4.90 Å². The minimum Gasteiger partial charge on any atom is -0.456 e. The highest BCUT2D eigenvalue weighted by molar-refractivity contribution is 6.26. The second-order valence-corrected chi connectivity index (χ2v) is 18.8. The Kier molecular flexibility index (Phi) is 6.94. The van der Waals surface area contributed by atoms with Gasteiger partial charge in [-0.15, -0.1) is 0 Å². The van der Waals surface area contributed by atoms with Crippen LogP contribution in [0.4, 0.5) is 17.1 Å². The minimum atomic E-state index is -0.194. The van der Waals surface area contributed by atoms with Crippen LogP contribution in [-0.4, -0.2) is 0 Å². The van der Waals surface area contributed by atoms with Gasteiger partial charge in [0.2, 0.25) is 0 Å². The van der Waals surface area contributed by atoms with Crippen molar-refractivity contribution < 1.29 is 13.3 Å². The zero-order chi connectivity index (χ0) is 42.6. The molecular weight excluding hydrogens is 783 g/mol. The summed E-state index contributed by atoms with van der Waals surface area (Å²) in [6.07, 6.45) is 0. The predicted octanol–water partition coefficient (Wildman–Crippen LogP) is 17.1. The largest absolute Gasteiger partial charge is 0.456 e. The van der Waals surface area contributed by atoms with Crippen LogP contribution in [0.5, 0.6) is 0 Å². The van der Waals surface area contributed by atoms with Crippen molar-refractivity contribution in [3.8, 4) is 33.4 Å². The molecule has 304 valence electrons. The van der Waals surface area contributed by atoms with E-state index in [1.54, 1.807) is 0 Å². The summed E-state index contributed by atoms with van der Waals surface area (Å²) in [7, 11) is 0. The van der Waals surface area contributed by atoms with Crippen molar-refractivity contribution in [2.24, 2.45) is 0 Å². The monoisotopic (exact) mass is 823 g/mol. The highest BCUT2D eigenvalue weighted by Gasteiger charge is 2.38. The third-order valence-electron chi connectivity index (χ3n) is 14.7. The lowest BCUT2D eigenvalue weighted by Crippen LogP contribution is -2.16. The zero-order valence-electron chi connectivity index (χ0n) is 35.9. The fourth-order valence-electron chi connectivity index (χ4n) is 11.6. The summed E-state index contributed by atoms with van der Waals surface area (Å²) < 4.78 is 20.9. The Bertz CT molecular complexity index is 3980. The summed E-state index contributed by atoms with van der Waals surface area (Å²) in [5.41, 5.74) is 20.2. The molecule has 0 aliphatic heterocycles. The van der Waals surface area contributed by atoms with E-state index in [0.29, 0.717) is 0 Å². The van der Waals surface area contributed by atoms with Gasteiger partial charge in [-0.05, 0) is 105 Å². The average molecular weight is 824 g/mol. The molecule has 64 heavy (non-hydrogen) atoms. The van der Waals surface area contributed by atoms with Crippen molar-refractivity contribution in [1.82, 2.24) is 0 Å². The Morgan fingerprint density at radius 3 is 1.69 bits per heavy atom. The van der Waals surface area contributed by atoms with Crippen LogP contribution in [0.1, 0.15) is 49.9 Å².